The molecule has 0 amide bonds. The smallest absolute Gasteiger partial charge is 1.00 e. The average Bonchev–Trinajstić information content (AvgIpc) is 1.61. The minimum absolute atomic E-state index is 0. The van der Waals surface area contributed by atoms with Gasteiger partial charge in [0.1, 0.15) is 76.0 Å². The van der Waals surface area contributed by atoms with Crippen molar-refractivity contribution in [1.29, 1.82) is 5.26 Å². The van der Waals surface area contributed by atoms with Gasteiger partial charge in [0.15, 0.2) is 0 Å². The van der Waals surface area contributed by atoms with E-state index in [1.54, 1.807) is 67.6 Å². The standard InChI is InChI=1S/C15H13FN4O.C15H15N.C12H13BrFNO2.C11H10BrFN2O.C10H11BrFNO.C8H6Br3F.C8H8BrF.CBrN.BHNS.B.Na.H/c16-13-2-1-10(9-5-18-8-19-6-9)11-3-15(4-12(11)13)7-21-14(17)20-15;1-2-16-15(13-9-5-3-6-10-13)14-11-7-4-8-12-14;1-2-17-11(16)12(15)5-7-8(6-12)10(14)4-3-9(7)13;12-8-1-2-9(13)7-4-11(3-6(7)8)5-16-10(14)15-11;11-8-1-2-9(12)7-4-10(13,5-14)3-6(7)8;9-3-5-6(4-10)8(12)2-1-7(5)11;1-5-6(2)8(10)4-3-7(5)9;2-1-3;1-2-3;;;/h1-2,5-6,8H,3-4,7H2,(H2,17,20);3-12H,2H2,1H3;3-4H,2,5-6,15H2,1H3;1-2H,3-5H2,(H2,14,15);1-2,14H,3-5,13H2;1-2H,3-4H2;3-4H,1-2H3;;3H;;;/q;;;;;;;;;;+1;-1. The predicted octanol–water partition coefficient (Wildman–Crippen LogP) is 15.5. The number of fused-ring (bicyclic) bond motifs is 4. The first kappa shape index (κ1) is 99.2. The second-order valence-corrected chi connectivity index (χ2v) is 32.1. The van der Waals surface area contributed by atoms with Crippen LogP contribution in [0.2, 0.25) is 0 Å². The van der Waals surface area contributed by atoms with Crippen molar-refractivity contribution in [1.82, 2.24) is 9.97 Å². The van der Waals surface area contributed by atoms with E-state index in [2.05, 4.69) is 208 Å². The first-order valence-corrected chi connectivity index (χ1v) is 41.7. The van der Waals surface area contributed by atoms with Crippen molar-refractivity contribution in [2.75, 3.05) is 33.0 Å². The van der Waals surface area contributed by atoms with Crippen LogP contribution in [0.15, 0.2) is 194 Å². The zero-order valence-corrected chi connectivity index (χ0v) is 78.0. The number of carbonyl (C=O) groups is 1. The van der Waals surface area contributed by atoms with E-state index in [1.807, 2.05) is 43.3 Å². The summed E-state index contributed by atoms with van der Waals surface area (Å²) in [4.78, 5) is 34.7. The first-order valence-electron chi connectivity index (χ1n) is 34.3. The van der Waals surface area contributed by atoms with Crippen LogP contribution in [0.3, 0.4) is 0 Å². The molecule has 6 aliphatic rings. The molecule has 4 unspecified atom stereocenters. The molecule has 2 spiro atoms. The summed E-state index contributed by atoms with van der Waals surface area (Å²) in [5, 5.41) is 17.6. The number of aliphatic hydroxyl groups is 1. The van der Waals surface area contributed by atoms with Gasteiger partial charge in [0.05, 0.1) is 18.9 Å². The molecule has 4 atom stereocenters. The van der Waals surface area contributed by atoms with Crippen molar-refractivity contribution in [2.24, 2.45) is 42.2 Å². The van der Waals surface area contributed by atoms with Gasteiger partial charge in [-0.2, -0.15) is 5.26 Å². The van der Waals surface area contributed by atoms with Gasteiger partial charge in [-0.25, -0.2) is 46.3 Å². The quantitative estimate of drug-likeness (QED) is 0.0197. The van der Waals surface area contributed by atoms with Gasteiger partial charge >= 0.3 is 60.3 Å². The van der Waals surface area contributed by atoms with E-state index in [0.717, 1.165) is 90.3 Å². The molecule has 34 heteroatoms. The monoisotopic (exact) mass is 2090 g/mol. The van der Waals surface area contributed by atoms with Crippen LogP contribution >= 0.6 is 140 Å². The number of hydrogen-bond acceptors (Lipinski definition) is 17. The summed E-state index contributed by atoms with van der Waals surface area (Å²) in [6.45, 7) is 9.26. The molecule has 15 rings (SSSR count). The number of aliphatic imine (C=N–C) groups is 3. The first-order chi connectivity index (χ1) is 53.4. The molecule has 2 aliphatic heterocycles. The van der Waals surface area contributed by atoms with Gasteiger partial charge in [0, 0.05) is 143 Å². The maximum atomic E-state index is 14.2. The fourth-order valence-corrected chi connectivity index (χ4v) is 17.1. The zero-order chi connectivity index (χ0) is 82.3. The fraction of sp³-hybridized carbons (Fsp3) is 0.287. The number of carbonyl (C=O) groups excluding carboxylic acids is 1. The molecular weight excluding hydrogens is 2020 g/mol. The molecule has 1 aromatic heterocycles. The molecule has 3 heterocycles. The molecule has 114 heavy (non-hydrogen) atoms. The number of ether oxygens (including phenoxy) is 3. The van der Waals surface area contributed by atoms with Crippen molar-refractivity contribution in [3.05, 3.63) is 287 Å². The van der Waals surface area contributed by atoms with Gasteiger partial charge in [-0.3, -0.25) is 9.79 Å². The van der Waals surface area contributed by atoms with Crippen molar-refractivity contribution < 1.29 is 81.4 Å². The summed E-state index contributed by atoms with van der Waals surface area (Å²) in [6.07, 6.45) is 8.73. The Bertz CT molecular complexity index is 4770. The predicted molar refractivity (Wildman–Crippen MR) is 468 cm³/mol. The summed E-state index contributed by atoms with van der Waals surface area (Å²) in [5.74, 6) is -1.70. The molecular formula is C80H78B2Br8F6N11NaO5S. The van der Waals surface area contributed by atoms with E-state index in [4.69, 9.17) is 47.5 Å². The van der Waals surface area contributed by atoms with E-state index < -0.39 is 22.6 Å². The molecule has 0 saturated heterocycles. The number of esters is 1. The number of halogens is 14. The van der Waals surface area contributed by atoms with Crippen LogP contribution in [0.25, 0.3) is 11.1 Å². The molecule has 9 N–H and O–H groups in total. The number of rotatable bonds is 9. The molecule has 9 aromatic rings. The summed E-state index contributed by atoms with van der Waals surface area (Å²) in [7, 11) is 4.34. The molecule has 594 valence electrons. The normalized spacial score (nSPS) is 17.9. The summed E-state index contributed by atoms with van der Waals surface area (Å²) < 4.78 is 103. The number of aliphatic hydroxyl groups excluding tert-OH is 1. The van der Waals surface area contributed by atoms with Crippen molar-refractivity contribution in [3.63, 3.8) is 0 Å². The van der Waals surface area contributed by atoms with Crippen LogP contribution in [0.5, 0.6) is 0 Å². The van der Waals surface area contributed by atoms with Crippen molar-refractivity contribution >= 4 is 180 Å². The number of hydrogen-bond donors (Lipinski definition) is 6. The minimum Gasteiger partial charge on any atom is -1.00 e. The summed E-state index contributed by atoms with van der Waals surface area (Å²) in [6, 6.07) is 40.0. The number of nitrogens with two attached hydrogens (primary N) is 4. The Morgan fingerprint density at radius 1 is 0.588 bits per heavy atom. The SMILES string of the molecule is CCN=C(c1ccccc1)c1ccccc1.CCOC(=O)C1(N)Cc2c(F)ccc(Br)c2C1.Cc1c(F)ccc(Br)c1C.Fc1ccc(Br)c(CBr)c1CBr.N#CBr.NC1(CO)Cc2c(F)ccc(Br)c2C1.NC1=NC2(CO1)Cc1c(F)ccc(-c3cncnc3)c1C2.NC1=NC2(CO1)Cc1c(F)ccc(Br)c1C2.[B].[B]=NS.[H-].[Na+]. The van der Waals surface area contributed by atoms with Gasteiger partial charge < -0.3 is 43.7 Å². The van der Waals surface area contributed by atoms with Crippen molar-refractivity contribution in [3.8, 4) is 16.1 Å². The molecule has 8 aromatic carbocycles. The van der Waals surface area contributed by atoms with Crippen LogP contribution in [0.4, 0.5) is 26.3 Å². The van der Waals surface area contributed by atoms with E-state index >= 15 is 0 Å². The average molecular weight is 2100 g/mol. The van der Waals surface area contributed by atoms with Gasteiger partial charge in [-0.05, 0) is 174 Å². The fourth-order valence-electron chi connectivity index (χ4n) is 13.0. The Kier molecular flexibility index (Phi) is 40.7. The van der Waals surface area contributed by atoms with Crippen LogP contribution in [-0.2, 0) is 81.0 Å². The van der Waals surface area contributed by atoms with E-state index in [1.165, 1.54) is 53.9 Å². The van der Waals surface area contributed by atoms with Crippen LogP contribution in [0, 0.1) is 59.0 Å². The number of nitriles is 1. The van der Waals surface area contributed by atoms with Gasteiger partial charge in [0.25, 0.3) is 12.0 Å². The summed E-state index contributed by atoms with van der Waals surface area (Å²) in [5.41, 5.74) is 35.2. The van der Waals surface area contributed by atoms with E-state index in [9.17, 15) is 31.1 Å². The molecule has 4 aliphatic carbocycles. The Morgan fingerprint density at radius 3 is 1.37 bits per heavy atom. The van der Waals surface area contributed by atoms with Gasteiger partial charge in [-0.1, -0.05) is 178 Å². The van der Waals surface area contributed by atoms with Crippen molar-refractivity contribution in [2.45, 2.75) is 112 Å². The third-order valence-corrected chi connectivity index (χ3v) is 23.5. The maximum absolute atomic E-state index is 14.2. The number of aromatic nitrogens is 2. The molecule has 0 saturated carbocycles. The molecule has 16 nitrogen and oxygen atoms in total. The van der Waals surface area contributed by atoms with Gasteiger partial charge in [-0.15, -0.1) is 0 Å². The van der Waals surface area contributed by atoms with Crippen LogP contribution in [-0.4, -0.2) is 110 Å². The second kappa shape index (κ2) is 46.8. The topological polar surface area (TPSA) is 268 Å². The number of amidine groups is 2. The Balaban J connectivity index is 0.000000280. The Labute approximate surface area is 759 Å². The number of thiol groups is 1. The maximum Gasteiger partial charge on any atom is 1.00 e. The number of alkyl halides is 2. The Hall–Kier alpha value is -5.41. The Morgan fingerprint density at radius 2 is 0.965 bits per heavy atom. The van der Waals surface area contributed by atoms with E-state index in [-0.39, 0.29) is 112 Å². The number of benzene rings is 8. The minimum atomic E-state index is -1.14. The molecule has 4 radical (unpaired) electrons. The number of nitrogens with zero attached hydrogens (tertiary/aromatic N) is 7. The van der Waals surface area contributed by atoms with Gasteiger partial charge in [0.2, 0.25) is 0 Å². The third-order valence-electron chi connectivity index (χ3n) is 18.6. The van der Waals surface area contributed by atoms with E-state index in [0.29, 0.717) is 91.1 Å². The van der Waals surface area contributed by atoms with Crippen LogP contribution in [0.1, 0.15) is 93.2 Å². The largest absolute Gasteiger partial charge is 1.00 e. The van der Waals surface area contributed by atoms with Crippen LogP contribution < -0.4 is 52.5 Å². The second-order valence-electron chi connectivity index (χ2n) is 26.2. The zero-order valence-electron chi connectivity index (χ0n) is 63.5. The third kappa shape index (κ3) is 26.0. The molecule has 0 fully saturated rings. The molecule has 0 bridgehead atoms. The summed E-state index contributed by atoms with van der Waals surface area (Å²) >= 11 is 29.0.